The Morgan fingerprint density at radius 3 is 1.43 bits per heavy atom. The van der Waals surface area contributed by atoms with Crippen LogP contribution in [0, 0.1) is 0 Å². The van der Waals surface area contributed by atoms with Gasteiger partial charge in [0.2, 0.25) is 0 Å². The Bertz CT molecular complexity index is 458. The highest BCUT2D eigenvalue weighted by molar-refractivity contribution is 6.75. The van der Waals surface area contributed by atoms with Crippen molar-refractivity contribution in [1.82, 2.24) is 0 Å². The van der Waals surface area contributed by atoms with Gasteiger partial charge in [-0.2, -0.15) is 0 Å². The Balaban J connectivity index is 2.35. The number of rotatable bonds is 18. The fourth-order valence-electron chi connectivity index (χ4n) is 3.64. The van der Waals surface area contributed by atoms with Gasteiger partial charge >= 0.3 is 8.80 Å². The summed E-state index contributed by atoms with van der Waals surface area (Å²) in [5.74, 6) is 0. The molecule has 0 saturated heterocycles. The Labute approximate surface area is 175 Å². The number of unbranched alkanes of at least 4 members (excludes halogenated alkanes) is 9. The molecule has 0 aromatic heterocycles. The second-order valence-electron chi connectivity index (χ2n) is 7.48. The van der Waals surface area contributed by atoms with Crippen molar-refractivity contribution in [1.29, 1.82) is 0 Å². The van der Waals surface area contributed by atoms with Crippen molar-refractivity contribution in [2.24, 2.45) is 0 Å². The molecular formula is C24H44O3Si. The summed E-state index contributed by atoms with van der Waals surface area (Å²) in [6.07, 6.45) is 15.0. The van der Waals surface area contributed by atoms with Crippen LogP contribution in [0.2, 0.25) is 0 Å². The van der Waals surface area contributed by atoms with Crippen LogP contribution in [-0.4, -0.2) is 28.6 Å². The lowest BCUT2D eigenvalue weighted by Gasteiger charge is -2.28. The van der Waals surface area contributed by atoms with Gasteiger partial charge in [-0.3, -0.25) is 0 Å². The highest BCUT2D eigenvalue weighted by Gasteiger charge is 2.43. The quantitative estimate of drug-likeness (QED) is 0.208. The molecule has 0 heterocycles. The maximum absolute atomic E-state index is 6.00. The van der Waals surface area contributed by atoms with Crippen LogP contribution in [0.1, 0.15) is 97.5 Å². The highest BCUT2D eigenvalue weighted by atomic mass is 28.4. The van der Waals surface area contributed by atoms with E-state index < -0.39 is 8.80 Å². The number of aryl methyl sites for hydroxylation is 1. The van der Waals surface area contributed by atoms with E-state index in [9.17, 15) is 0 Å². The van der Waals surface area contributed by atoms with E-state index in [4.69, 9.17) is 13.3 Å². The first-order valence-corrected chi connectivity index (χ1v) is 13.5. The molecular weight excluding hydrogens is 364 g/mol. The van der Waals surface area contributed by atoms with Gasteiger partial charge in [0.15, 0.2) is 0 Å². The van der Waals surface area contributed by atoms with Crippen molar-refractivity contribution in [3.8, 4) is 0 Å². The van der Waals surface area contributed by atoms with Gasteiger partial charge in [-0.25, -0.2) is 0 Å². The zero-order chi connectivity index (χ0) is 20.5. The summed E-state index contributed by atoms with van der Waals surface area (Å²) in [4.78, 5) is 0. The zero-order valence-corrected chi connectivity index (χ0v) is 19.9. The van der Waals surface area contributed by atoms with Crippen molar-refractivity contribution in [2.75, 3.05) is 19.8 Å². The van der Waals surface area contributed by atoms with Crippen molar-refractivity contribution in [3.63, 3.8) is 0 Å². The van der Waals surface area contributed by atoms with Crippen molar-refractivity contribution in [2.45, 2.75) is 98.3 Å². The van der Waals surface area contributed by atoms with E-state index in [0.29, 0.717) is 19.8 Å². The fraction of sp³-hybridized carbons (Fsp3) is 0.750. The van der Waals surface area contributed by atoms with Gasteiger partial charge in [0, 0.05) is 25.0 Å². The third-order valence-electron chi connectivity index (χ3n) is 5.13. The molecule has 0 aliphatic rings. The maximum Gasteiger partial charge on any atom is 0.537 e. The Morgan fingerprint density at radius 2 is 1.00 bits per heavy atom. The predicted molar refractivity (Wildman–Crippen MR) is 122 cm³/mol. The molecule has 0 radical (unpaired) electrons. The van der Waals surface area contributed by atoms with Crippen molar-refractivity contribution < 1.29 is 13.3 Å². The van der Waals surface area contributed by atoms with Gasteiger partial charge in [-0.05, 0) is 39.2 Å². The monoisotopic (exact) mass is 408 g/mol. The van der Waals surface area contributed by atoms with Crippen LogP contribution in [0.4, 0.5) is 0 Å². The summed E-state index contributed by atoms with van der Waals surface area (Å²) in [6, 6.07) is 8.75. The minimum absolute atomic E-state index is 0.604. The molecule has 0 bridgehead atoms. The van der Waals surface area contributed by atoms with E-state index in [1.807, 2.05) is 20.8 Å². The number of benzene rings is 1. The standard InChI is InChI=1S/C24H44O3Si/c1-5-9-10-11-12-13-14-15-16-17-18-23-19-21-24(22-20-23)28(25-6-2,26-7-3)27-8-4/h19-22H,5-18H2,1-4H3. The first-order valence-electron chi connectivity index (χ1n) is 11.7. The smallest absolute Gasteiger partial charge is 0.370 e. The van der Waals surface area contributed by atoms with Crippen molar-refractivity contribution in [3.05, 3.63) is 29.8 Å². The number of hydrogen-bond donors (Lipinski definition) is 0. The van der Waals surface area contributed by atoms with Gasteiger partial charge in [-0.15, -0.1) is 0 Å². The molecule has 0 saturated carbocycles. The van der Waals surface area contributed by atoms with E-state index in [2.05, 4.69) is 31.2 Å². The molecule has 28 heavy (non-hydrogen) atoms. The molecule has 0 fully saturated rings. The minimum atomic E-state index is -2.76. The molecule has 0 amide bonds. The van der Waals surface area contributed by atoms with Gasteiger partial charge in [0.1, 0.15) is 0 Å². The molecule has 162 valence electrons. The van der Waals surface area contributed by atoms with E-state index in [1.54, 1.807) is 0 Å². The van der Waals surface area contributed by atoms with Crippen LogP contribution >= 0.6 is 0 Å². The molecule has 0 atom stereocenters. The van der Waals surface area contributed by atoms with E-state index in [0.717, 1.165) is 11.6 Å². The summed E-state index contributed by atoms with van der Waals surface area (Å²) in [7, 11) is -2.76. The average Bonchev–Trinajstić information content (AvgIpc) is 2.70. The normalized spacial score (nSPS) is 11.9. The summed E-state index contributed by atoms with van der Waals surface area (Å²) >= 11 is 0. The predicted octanol–water partition coefficient (Wildman–Crippen LogP) is 6.41. The van der Waals surface area contributed by atoms with Crippen LogP contribution in [0.15, 0.2) is 24.3 Å². The minimum Gasteiger partial charge on any atom is -0.370 e. The topological polar surface area (TPSA) is 27.7 Å². The Morgan fingerprint density at radius 1 is 0.571 bits per heavy atom. The SMILES string of the molecule is CCCCCCCCCCCCc1ccc([Si](OCC)(OCC)OCC)cc1. The third-order valence-corrected chi connectivity index (χ3v) is 8.18. The van der Waals surface area contributed by atoms with Crippen LogP contribution in [0.25, 0.3) is 0 Å². The van der Waals surface area contributed by atoms with Gasteiger partial charge < -0.3 is 13.3 Å². The zero-order valence-electron chi connectivity index (χ0n) is 18.9. The largest absolute Gasteiger partial charge is 0.537 e. The van der Waals surface area contributed by atoms with Crippen LogP contribution in [0.3, 0.4) is 0 Å². The van der Waals surface area contributed by atoms with Crippen LogP contribution in [-0.2, 0) is 19.7 Å². The lowest BCUT2D eigenvalue weighted by molar-refractivity contribution is 0.0859. The molecule has 0 aliphatic carbocycles. The molecule has 4 heteroatoms. The first kappa shape index (κ1) is 25.4. The molecule has 0 spiro atoms. The highest BCUT2D eigenvalue weighted by Crippen LogP contribution is 2.14. The molecule has 0 N–H and O–H groups in total. The van der Waals surface area contributed by atoms with Gasteiger partial charge in [0.05, 0.1) is 0 Å². The maximum atomic E-state index is 6.00. The molecule has 0 aliphatic heterocycles. The van der Waals surface area contributed by atoms with E-state index >= 15 is 0 Å². The van der Waals surface area contributed by atoms with E-state index in [1.165, 1.54) is 69.8 Å². The summed E-state index contributed by atoms with van der Waals surface area (Å²) in [5, 5.41) is 1.07. The molecule has 1 rings (SSSR count). The third kappa shape index (κ3) is 9.68. The summed E-state index contributed by atoms with van der Waals surface area (Å²) in [5.41, 5.74) is 1.40. The number of hydrogen-bond acceptors (Lipinski definition) is 3. The second kappa shape index (κ2) is 16.2. The lowest BCUT2D eigenvalue weighted by Crippen LogP contribution is -2.56. The Kier molecular flexibility index (Phi) is 14.6. The molecule has 1 aromatic rings. The van der Waals surface area contributed by atoms with E-state index in [-0.39, 0.29) is 0 Å². The molecule has 1 aromatic carbocycles. The summed E-state index contributed by atoms with van der Waals surface area (Å²) < 4.78 is 18.0. The van der Waals surface area contributed by atoms with Crippen LogP contribution in [0.5, 0.6) is 0 Å². The first-order chi connectivity index (χ1) is 13.7. The average molecular weight is 409 g/mol. The molecule has 3 nitrogen and oxygen atoms in total. The summed E-state index contributed by atoms with van der Waals surface area (Å²) in [6.45, 7) is 10.1. The van der Waals surface area contributed by atoms with Crippen molar-refractivity contribution >= 4 is 14.0 Å². The van der Waals surface area contributed by atoms with Crippen LogP contribution < -0.4 is 5.19 Å². The van der Waals surface area contributed by atoms with Gasteiger partial charge in [0.25, 0.3) is 0 Å². The fourth-order valence-corrected chi connectivity index (χ4v) is 6.10. The Hall–Kier alpha value is -0.683. The molecule has 0 unspecified atom stereocenters. The van der Waals surface area contributed by atoms with Gasteiger partial charge in [-0.1, -0.05) is 89.0 Å². The lowest BCUT2D eigenvalue weighted by atomic mass is 10.0. The second-order valence-corrected chi connectivity index (χ2v) is 10.0.